The van der Waals surface area contributed by atoms with Gasteiger partial charge < -0.3 is 10.1 Å². The summed E-state index contributed by atoms with van der Waals surface area (Å²) in [6.45, 7) is 6.16. The molecular weight excluding hydrogens is 282 g/mol. The van der Waals surface area contributed by atoms with Crippen LogP contribution in [0.5, 0.6) is 5.75 Å². The van der Waals surface area contributed by atoms with Crippen molar-refractivity contribution in [3.63, 3.8) is 0 Å². The summed E-state index contributed by atoms with van der Waals surface area (Å²) in [5.74, 6) is 0.925. The molecule has 0 spiro atoms. The lowest BCUT2D eigenvalue weighted by Gasteiger charge is -2.11. The van der Waals surface area contributed by atoms with Crippen LogP contribution in [0.3, 0.4) is 0 Å². The summed E-state index contributed by atoms with van der Waals surface area (Å²) in [5.41, 5.74) is 3.76. The molecule has 0 saturated heterocycles. The van der Waals surface area contributed by atoms with Crippen molar-refractivity contribution in [1.29, 1.82) is 0 Å². The van der Waals surface area contributed by atoms with Gasteiger partial charge in [-0.1, -0.05) is 0 Å². The molecule has 7 nitrogen and oxygen atoms in total. The first-order valence-electron chi connectivity index (χ1n) is 6.98. The predicted molar refractivity (Wildman–Crippen MR) is 84.1 cm³/mol. The van der Waals surface area contributed by atoms with Gasteiger partial charge in [-0.15, -0.1) is 0 Å². The van der Waals surface area contributed by atoms with Crippen molar-refractivity contribution in [3.8, 4) is 5.75 Å². The van der Waals surface area contributed by atoms with Crippen LogP contribution < -0.4 is 15.4 Å². The number of hydrogen-bond donors (Lipinski definition) is 2. The van der Waals surface area contributed by atoms with E-state index < -0.39 is 0 Å². The third-order valence-corrected chi connectivity index (χ3v) is 3.53. The molecule has 0 radical (unpaired) electrons. The summed E-state index contributed by atoms with van der Waals surface area (Å²) in [7, 11) is 3.42. The topological polar surface area (TPSA) is 81.1 Å². The van der Waals surface area contributed by atoms with E-state index in [1.165, 1.54) is 7.11 Å². The van der Waals surface area contributed by atoms with E-state index in [1.54, 1.807) is 10.7 Å². The minimum absolute atomic E-state index is 0.334. The third kappa shape index (κ3) is 3.36. The molecule has 2 rings (SSSR count). The second kappa shape index (κ2) is 6.46. The second-order valence-electron chi connectivity index (χ2n) is 5.08. The Balaban J connectivity index is 2.03. The van der Waals surface area contributed by atoms with Gasteiger partial charge in [0.05, 0.1) is 12.8 Å². The number of urea groups is 1. The zero-order valence-electron chi connectivity index (χ0n) is 13.5. The maximum absolute atomic E-state index is 12.0. The van der Waals surface area contributed by atoms with Gasteiger partial charge in [-0.3, -0.25) is 10.00 Å². The molecule has 0 aromatic carbocycles. The highest BCUT2D eigenvalue weighted by Crippen LogP contribution is 2.21. The van der Waals surface area contributed by atoms with Gasteiger partial charge in [-0.25, -0.2) is 9.78 Å². The number of rotatable bonds is 4. The lowest BCUT2D eigenvalue weighted by atomic mass is 10.2. The fraction of sp³-hybridized carbons (Fsp3) is 0.400. The summed E-state index contributed by atoms with van der Waals surface area (Å²) >= 11 is 0. The molecule has 0 aliphatic heterocycles. The number of amides is 2. The predicted octanol–water partition coefficient (Wildman–Crippen LogP) is 2.07. The minimum Gasteiger partial charge on any atom is -0.493 e. The number of nitrogens with one attached hydrogen (secondary N) is 2. The molecule has 0 aliphatic carbocycles. The number of methoxy groups -OCH3 is 1. The highest BCUT2D eigenvalue weighted by Gasteiger charge is 2.12. The molecule has 0 atom stereocenters. The molecule has 0 saturated carbocycles. The van der Waals surface area contributed by atoms with Gasteiger partial charge in [0, 0.05) is 30.5 Å². The molecule has 0 bridgehead atoms. The molecule has 2 aromatic heterocycles. The zero-order valence-corrected chi connectivity index (χ0v) is 13.5. The van der Waals surface area contributed by atoms with Gasteiger partial charge >= 0.3 is 6.03 Å². The Morgan fingerprint density at radius 3 is 2.64 bits per heavy atom. The van der Waals surface area contributed by atoms with Crippen LogP contribution in [0.15, 0.2) is 12.1 Å². The van der Waals surface area contributed by atoms with Crippen LogP contribution in [0.4, 0.5) is 10.6 Å². The summed E-state index contributed by atoms with van der Waals surface area (Å²) in [4.78, 5) is 16.3. The SMILES string of the molecule is COc1ccc(C)nc1NC(=O)NCc1c(C)nn(C)c1C. The van der Waals surface area contributed by atoms with Crippen LogP contribution in [0.25, 0.3) is 0 Å². The molecule has 2 amide bonds. The first kappa shape index (κ1) is 15.8. The summed E-state index contributed by atoms with van der Waals surface area (Å²) in [6, 6.07) is 3.26. The molecule has 2 aromatic rings. The number of aryl methyl sites for hydroxylation is 3. The monoisotopic (exact) mass is 303 g/mol. The Morgan fingerprint density at radius 1 is 1.32 bits per heavy atom. The highest BCUT2D eigenvalue weighted by atomic mass is 16.5. The summed E-state index contributed by atoms with van der Waals surface area (Å²) in [6.07, 6.45) is 0. The second-order valence-corrected chi connectivity index (χ2v) is 5.08. The van der Waals surface area contributed by atoms with E-state index in [-0.39, 0.29) is 6.03 Å². The van der Waals surface area contributed by atoms with Crippen molar-refractivity contribution < 1.29 is 9.53 Å². The molecular formula is C15H21N5O2. The average Bonchev–Trinajstić information content (AvgIpc) is 2.70. The van der Waals surface area contributed by atoms with Crippen LogP contribution in [-0.4, -0.2) is 27.9 Å². The maximum Gasteiger partial charge on any atom is 0.320 e. The van der Waals surface area contributed by atoms with E-state index in [4.69, 9.17) is 4.74 Å². The number of ether oxygens (including phenoxy) is 1. The fourth-order valence-electron chi connectivity index (χ4n) is 2.19. The van der Waals surface area contributed by atoms with Crippen molar-refractivity contribution in [2.24, 2.45) is 7.05 Å². The summed E-state index contributed by atoms with van der Waals surface area (Å²) in [5, 5.41) is 9.84. The molecule has 2 N–H and O–H groups in total. The van der Waals surface area contributed by atoms with Crippen LogP contribution in [0, 0.1) is 20.8 Å². The minimum atomic E-state index is -0.334. The third-order valence-electron chi connectivity index (χ3n) is 3.53. The number of pyridine rings is 1. The number of hydrogen-bond acceptors (Lipinski definition) is 4. The number of anilines is 1. The quantitative estimate of drug-likeness (QED) is 0.906. The Hall–Kier alpha value is -2.57. The molecule has 0 unspecified atom stereocenters. The Bertz CT molecular complexity index is 693. The van der Waals surface area contributed by atoms with E-state index in [0.29, 0.717) is 18.1 Å². The van der Waals surface area contributed by atoms with Crippen molar-refractivity contribution in [2.75, 3.05) is 12.4 Å². The standard InChI is InChI=1S/C15H21N5O2/c1-9-6-7-13(22-5)14(17-9)18-15(21)16-8-12-10(2)19-20(4)11(12)3/h6-7H,8H2,1-5H3,(H2,16,17,18,21). The largest absolute Gasteiger partial charge is 0.493 e. The molecule has 7 heteroatoms. The van der Waals surface area contributed by atoms with Crippen LogP contribution in [0.1, 0.15) is 22.6 Å². The van der Waals surface area contributed by atoms with Crippen molar-refractivity contribution in [3.05, 3.63) is 34.8 Å². The van der Waals surface area contributed by atoms with Gasteiger partial charge in [0.15, 0.2) is 11.6 Å². The van der Waals surface area contributed by atoms with E-state index in [9.17, 15) is 4.79 Å². The maximum atomic E-state index is 12.0. The molecule has 2 heterocycles. The zero-order chi connectivity index (χ0) is 16.3. The number of nitrogens with zero attached hydrogens (tertiary/aromatic N) is 3. The lowest BCUT2D eigenvalue weighted by Crippen LogP contribution is -2.29. The smallest absolute Gasteiger partial charge is 0.320 e. The normalized spacial score (nSPS) is 10.4. The van der Waals surface area contributed by atoms with Gasteiger partial charge in [-0.2, -0.15) is 5.10 Å². The van der Waals surface area contributed by atoms with Crippen LogP contribution in [-0.2, 0) is 13.6 Å². The first-order valence-corrected chi connectivity index (χ1v) is 6.98. The average molecular weight is 303 g/mol. The molecule has 22 heavy (non-hydrogen) atoms. The van der Waals surface area contributed by atoms with Crippen molar-refractivity contribution in [2.45, 2.75) is 27.3 Å². The fourth-order valence-corrected chi connectivity index (χ4v) is 2.19. The van der Waals surface area contributed by atoms with E-state index in [2.05, 4.69) is 20.7 Å². The Morgan fingerprint density at radius 2 is 2.05 bits per heavy atom. The Kier molecular flexibility index (Phi) is 4.65. The van der Waals surface area contributed by atoms with Gasteiger partial charge in [0.2, 0.25) is 0 Å². The van der Waals surface area contributed by atoms with Gasteiger partial charge in [0.1, 0.15) is 0 Å². The van der Waals surface area contributed by atoms with Gasteiger partial charge in [0.25, 0.3) is 0 Å². The van der Waals surface area contributed by atoms with Crippen molar-refractivity contribution >= 4 is 11.8 Å². The molecule has 118 valence electrons. The highest BCUT2D eigenvalue weighted by molar-refractivity contribution is 5.89. The Labute approximate surface area is 129 Å². The molecule has 0 aliphatic rings. The van der Waals surface area contributed by atoms with Crippen molar-refractivity contribution in [1.82, 2.24) is 20.1 Å². The van der Waals surface area contributed by atoms with E-state index >= 15 is 0 Å². The molecule has 0 fully saturated rings. The van der Waals surface area contributed by atoms with Crippen LogP contribution in [0.2, 0.25) is 0 Å². The first-order chi connectivity index (χ1) is 10.4. The van der Waals surface area contributed by atoms with Crippen LogP contribution >= 0.6 is 0 Å². The number of carbonyl (C=O) groups is 1. The summed E-state index contributed by atoms with van der Waals surface area (Å²) < 4.78 is 6.99. The number of carbonyl (C=O) groups excluding carboxylic acids is 1. The van der Waals surface area contributed by atoms with Gasteiger partial charge in [-0.05, 0) is 32.9 Å². The number of aromatic nitrogens is 3. The lowest BCUT2D eigenvalue weighted by molar-refractivity contribution is 0.251. The van der Waals surface area contributed by atoms with E-state index in [0.717, 1.165) is 22.6 Å². The van der Waals surface area contributed by atoms with E-state index in [1.807, 2.05) is 33.9 Å².